The summed E-state index contributed by atoms with van der Waals surface area (Å²) in [6.45, 7) is 8.50. The quantitative estimate of drug-likeness (QED) is 0.828. The van der Waals surface area contributed by atoms with Crippen LogP contribution in [-0.4, -0.2) is 65.3 Å². The van der Waals surface area contributed by atoms with Gasteiger partial charge < -0.3 is 14.2 Å². The van der Waals surface area contributed by atoms with Crippen LogP contribution in [0.5, 0.6) is 0 Å². The second-order valence-electron chi connectivity index (χ2n) is 8.25. The van der Waals surface area contributed by atoms with Gasteiger partial charge in [-0.05, 0) is 65.3 Å². The van der Waals surface area contributed by atoms with E-state index in [9.17, 15) is 4.79 Å². The van der Waals surface area contributed by atoms with Crippen molar-refractivity contribution in [1.82, 2.24) is 15.0 Å². The van der Waals surface area contributed by atoms with Crippen LogP contribution in [0.25, 0.3) is 0 Å². The minimum atomic E-state index is 0.0852. The average molecular weight is 361 g/mol. The van der Waals surface area contributed by atoms with Crippen LogP contribution in [0, 0.1) is 13.8 Å². The highest BCUT2D eigenvalue weighted by atomic mass is 16.5. The van der Waals surface area contributed by atoms with Gasteiger partial charge in [0.1, 0.15) is 11.3 Å². The average Bonchev–Trinajstić information content (AvgIpc) is 3.30. The zero-order valence-corrected chi connectivity index (χ0v) is 16.1. The zero-order valence-electron chi connectivity index (χ0n) is 16.1. The molecule has 3 aliphatic heterocycles. The molecule has 1 amide bonds. The fourth-order valence-corrected chi connectivity index (χ4v) is 5.21. The van der Waals surface area contributed by atoms with Gasteiger partial charge in [-0.15, -0.1) is 0 Å². The highest BCUT2D eigenvalue weighted by Gasteiger charge is 2.43. The first-order chi connectivity index (χ1) is 12.6. The molecule has 0 saturated carbocycles. The van der Waals surface area contributed by atoms with E-state index in [1.54, 1.807) is 0 Å². The van der Waals surface area contributed by atoms with Crippen molar-refractivity contribution >= 4 is 5.91 Å². The molecule has 0 aromatic carbocycles. The van der Waals surface area contributed by atoms with Crippen molar-refractivity contribution in [2.24, 2.45) is 0 Å². The van der Waals surface area contributed by atoms with Crippen molar-refractivity contribution in [2.45, 2.75) is 70.4 Å². The van der Waals surface area contributed by atoms with Gasteiger partial charge in [0.05, 0.1) is 11.8 Å². The van der Waals surface area contributed by atoms with Gasteiger partial charge >= 0.3 is 0 Å². The summed E-state index contributed by atoms with van der Waals surface area (Å²) in [5.74, 6) is 0.717. The molecule has 0 N–H and O–H groups in total. The second kappa shape index (κ2) is 7.31. The predicted molar refractivity (Wildman–Crippen MR) is 98.2 cm³/mol. The first kappa shape index (κ1) is 18.0. The topological polar surface area (TPSA) is 58.8 Å². The lowest BCUT2D eigenvalue weighted by atomic mass is 9.87. The van der Waals surface area contributed by atoms with Crippen molar-refractivity contribution < 1.29 is 14.1 Å². The fraction of sp³-hybridized carbons (Fsp3) is 0.800. The van der Waals surface area contributed by atoms with E-state index in [0.29, 0.717) is 23.1 Å². The molecule has 2 atom stereocenters. The number of nitrogens with zero attached hydrogens (tertiary/aromatic N) is 3. The number of amides is 1. The van der Waals surface area contributed by atoms with Gasteiger partial charge in [-0.25, -0.2) is 0 Å². The molecular formula is C20H31N3O3. The molecule has 1 spiro atoms. The Balaban J connectivity index is 1.44. The molecule has 6 nitrogen and oxygen atoms in total. The maximum atomic E-state index is 13.0. The second-order valence-corrected chi connectivity index (χ2v) is 8.25. The van der Waals surface area contributed by atoms with Gasteiger partial charge in [-0.2, -0.15) is 0 Å². The SMILES string of the molecule is Cc1noc(C)c1C(=O)N1CCC[C@]2(CCCN2C[C@H]2CCCO2)CC1. The maximum absolute atomic E-state index is 13.0. The first-order valence-electron chi connectivity index (χ1n) is 10.2. The molecule has 6 heteroatoms. The summed E-state index contributed by atoms with van der Waals surface area (Å²) in [6.07, 6.45) is 8.65. The van der Waals surface area contributed by atoms with Crippen LogP contribution in [-0.2, 0) is 4.74 Å². The Kier molecular flexibility index (Phi) is 5.06. The van der Waals surface area contributed by atoms with Crippen LogP contribution in [0.1, 0.15) is 66.8 Å². The van der Waals surface area contributed by atoms with E-state index < -0.39 is 0 Å². The van der Waals surface area contributed by atoms with Crippen LogP contribution in [0.4, 0.5) is 0 Å². The summed E-state index contributed by atoms with van der Waals surface area (Å²) in [5, 5.41) is 3.95. The van der Waals surface area contributed by atoms with Gasteiger partial charge in [-0.1, -0.05) is 5.16 Å². The molecule has 4 heterocycles. The number of carbonyl (C=O) groups is 1. The van der Waals surface area contributed by atoms with Gasteiger partial charge in [0, 0.05) is 31.8 Å². The Bertz CT molecular complexity index is 633. The summed E-state index contributed by atoms with van der Waals surface area (Å²) in [5.41, 5.74) is 1.62. The molecule has 0 bridgehead atoms. The fourth-order valence-electron chi connectivity index (χ4n) is 5.21. The van der Waals surface area contributed by atoms with Gasteiger partial charge in [0.2, 0.25) is 0 Å². The van der Waals surface area contributed by atoms with Crippen molar-refractivity contribution in [3.63, 3.8) is 0 Å². The smallest absolute Gasteiger partial charge is 0.259 e. The van der Waals surface area contributed by atoms with Gasteiger partial charge in [0.25, 0.3) is 5.91 Å². The van der Waals surface area contributed by atoms with E-state index in [-0.39, 0.29) is 11.4 Å². The number of aryl methyl sites for hydroxylation is 2. The van der Waals surface area contributed by atoms with Gasteiger partial charge in [-0.3, -0.25) is 9.69 Å². The van der Waals surface area contributed by atoms with Crippen LogP contribution < -0.4 is 0 Å². The van der Waals surface area contributed by atoms with E-state index in [1.807, 2.05) is 18.7 Å². The first-order valence-corrected chi connectivity index (χ1v) is 10.2. The number of rotatable bonds is 3. The minimum Gasteiger partial charge on any atom is -0.377 e. The number of hydrogen-bond acceptors (Lipinski definition) is 5. The van der Waals surface area contributed by atoms with Crippen LogP contribution in [0.2, 0.25) is 0 Å². The number of carbonyl (C=O) groups excluding carboxylic acids is 1. The molecule has 3 saturated heterocycles. The molecule has 1 aromatic heterocycles. The summed E-state index contributed by atoms with van der Waals surface area (Å²) in [7, 11) is 0. The number of hydrogen-bond donors (Lipinski definition) is 0. The molecule has 0 radical (unpaired) electrons. The van der Waals surface area contributed by atoms with E-state index in [4.69, 9.17) is 9.26 Å². The van der Waals surface area contributed by atoms with Crippen molar-refractivity contribution in [3.8, 4) is 0 Å². The van der Waals surface area contributed by atoms with Crippen molar-refractivity contribution in [3.05, 3.63) is 17.0 Å². The Hall–Kier alpha value is -1.40. The lowest BCUT2D eigenvalue weighted by Gasteiger charge is -2.39. The third-order valence-electron chi connectivity index (χ3n) is 6.64. The lowest BCUT2D eigenvalue weighted by molar-refractivity contribution is 0.0339. The standard InChI is InChI=1S/C20H31N3O3/c1-15-18(16(2)26-21-15)19(24)22-10-4-7-20(9-12-22)8-5-11-23(20)14-17-6-3-13-25-17/h17H,3-14H2,1-2H3/t17-,20+/m1/s1. The molecule has 3 fully saturated rings. The van der Waals surface area contributed by atoms with Crippen LogP contribution in [0.15, 0.2) is 4.52 Å². The molecule has 144 valence electrons. The summed E-state index contributed by atoms with van der Waals surface area (Å²) in [4.78, 5) is 17.7. The molecule has 0 unspecified atom stereocenters. The molecule has 1 aromatic rings. The Morgan fingerprint density at radius 3 is 2.65 bits per heavy atom. The zero-order chi connectivity index (χ0) is 18.1. The van der Waals surface area contributed by atoms with E-state index in [2.05, 4.69) is 10.1 Å². The summed E-state index contributed by atoms with van der Waals surface area (Å²) < 4.78 is 11.1. The molecule has 4 rings (SSSR count). The lowest BCUT2D eigenvalue weighted by Crippen LogP contribution is -2.47. The monoisotopic (exact) mass is 361 g/mol. The Morgan fingerprint density at radius 2 is 1.96 bits per heavy atom. The normalized spacial score (nSPS) is 30.2. The van der Waals surface area contributed by atoms with E-state index in [0.717, 1.165) is 39.1 Å². The number of aromatic nitrogens is 1. The summed E-state index contributed by atoms with van der Waals surface area (Å²) in [6, 6.07) is 0. The molecule has 0 aliphatic carbocycles. The third-order valence-corrected chi connectivity index (χ3v) is 6.64. The number of likely N-dealkylation sites (tertiary alicyclic amines) is 2. The highest BCUT2D eigenvalue weighted by Crippen LogP contribution is 2.39. The van der Waals surface area contributed by atoms with Crippen molar-refractivity contribution in [1.29, 1.82) is 0 Å². The molecular weight excluding hydrogens is 330 g/mol. The largest absolute Gasteiger partial charge is 0.377 e. The van der Waals surface area contributed by atoms with Crippen LogP contribution in [0.3, 0.4) is 0 Å². The third kappa shape index (κ3) is 3.29. The summed E-state index contributed by atoms with van der Waals surface area (Å²) >= 11 is 0. The molecule has 26 heavy (non-hydrogen) atoms. The minimum absolute atomic E-state index is 0.0852. The van der Waals surface area contributed by atoms with Crippen LogP contribution >= 0.6 is 0 Å². The molecule has 3 aliphatic rings. The maximum Gasteiger partial charge on any atom is 0.259 e. The van der Waals surface area contributed by atoms with E-state index >= 15 is 0 Å². The van der Waals surface area contributed by atoms with E-state index in [1.165, 1.54) is 38.6 Å². The Labute approximate surface area is 155 Å². The Morgan fingerprint density at radius 1 is 1.15 bits per heavy atom. The highest BCUT2D eigenvalue weighted by molar-refractivity contribution is 5.96. The van der Waals surface area contributed by atoms with Gasteiger partial charge in [0.15, 0.2) is 0 Å². The van der Waals surface area contributed by atoms with Crippen molar-refractivity contribution in [2.75, 3.05) is 32.8 Å². The predicted octanol–water partition coefficient (Wildman–Crippen LogP) is 2.93. The number of ether oxygens (including phenoxy) is 1.